The van der Waals surface area contributed by atoms with Crippen molar-refractivity contribution in [2.45, 2.75) is 13.5 Å². The van der Waals surface area contributed by atoms with Gasteiger partial charge in [0, 0.05) is 18.4 Å². The highest BCUT2D eigenvalue weighted by molar-refractivity contribution is 6.34. The van der Waals surface area contributed by atoms with Gasteiger partial charge in [-0.05, 0) is 31.2 Å². The van der Waals surface area contributed by atoms with Crippen LogP contribution in [0.25, 0.3) is 0 Å². The number of benzene rings is 1. The third-order valence-corrected chi connectivity index (χ3v) is 3.32. The fourth-order valence-electron chi connectivity index (χ4n) is 1.94. The van der Waals surface area contributed by atoms with Crippen molar-refractivity contribution in [2.24, 2.45) is 0 Å². The molecule has 2 rings (SSSR count). The molecule has 20 heavy (non-hydrogen) atoms. The molecule has 0 saturated heterocycles. The monoisotopic (exact) mass is 289 g/mol. The number of carbonyl (C=O) groups excluding carboxylic acids is 1. The van der Waals surface area contributed by atoms with E-state index >= 15 is 0 Å². The average Bonchev–Trinajstić information content (AvgIpc) is 2.45. The van der Waals surface area contributed by atoms with Gasteiger partial charge in [-0.3, -0.25) is 9.78 Å². The van der Waals surface area contributed by atoms with Gasteiger partial charge in [0.05, 0.1) is 22.8 Å². The molecule has 0 radical (unpaired) electrons. The van der Waals surface area contributed by atoms with Crippen LogP contribution in [0.5, 0.6) is 0 Å². The van der Waals surface area contributed by atoms with E-state index in [1.807, 2.05) is 25.1 Å². The van der Waals surface area contributed by atoms with E-state index in [-0.39, 0.29) is 5.91 Å². The quantitative estimate of drug-likeness (QED) is 0.880. The van der Waals surface area contributed by atoms with Crippen LogP contribution in [0.1, 0.15) is 23.0 Å². The highest BCUT2D eigenvalue weighted by Gasteiger charge is 2.20. The van der Waals surface area contributed by atoms with E-state index in [0.717, 1.165) is 5.69 Å². The zero-order valence-corrected chi connectivity index (χ0v) is 12.0. The van der Waals surface area contributed by atoms with Crippen molar-refractivity contribution >= 4 is 23.2 Å². The molecular formula is C15H16ClN3O. The van der Waals surface area contributed by atoms with Crippen LogP contribution in [0.2, 0.25) is 5.02 Å². The number of anilines is 1. The Balaban J connectivity index is 2.26. The van der Waals surface area contributed by atoms with Crippen LogP contribution < -0.4 is 5.73 Å². The Bertz CT molecular complexity index is 581. The van der Waals surface area contributed by atoms with Crippen molar-refractivity contribution < 1.29 is 4.79 Å². The van der Waals surface area contributed by atoms with Gasteiger partial charge in [-0.25, -0.2) is 0 Å². The van der Waals surface area contributed by atoms with Crippen LogP contribution in [0.4, 0.5) is 5.69 Å². The number of hydrogen-bond acceptors (Lipinski definition) is 3. The number of halogens is 1. The lowest BCUT2D eigenvalue weighted by Gasteiger charge is -2.21. The molecule has 2 aromatic rings. The van der Waals surface area contributed by atoms with Crippen molar-refractivity contribution in [3.05, 3.63) is 58.9 Å². The molecule has 0 unspecified atom stereocenters. The SMILES string of the molecule is CCN(Cc1ccccn1)C(=O)c1c(N)cccc1Cl. The van der Waals surface area contributed by atoms with Crippen LogP contribution in [0, 0.1) is 0 Å². The summed E-state index contributed by atoms with van der Waals surface area (Å²) in [6.45, 7) is 2.90. The largest absolute Gasteiger partial charge is 0.398 e. The lowest BCUT2D eigenvalue weighted by atomic mass is 10.1. The van der Waals surface area contributed by atoms with Crippen molar-refractivity contribution in [3.63, 3.8) is 0 Å². The molecule has 1 aromatic heterocycles. The van der Waals surface area contributed by atoms with Gasteiger partial charge in [-0.15, -0.1) is 0 Å². The van der Waals surface area contributed by atoms with Crippen LogP contribution in [0.15, 0.2) is 42.6 Å². The molecule has 5 heteroatoms. The Kier molecular flexibility index (Phi) is 4.58. The lowest BCUT2D eigenvalue weighted by molar-refractivity contribution is 0.0752. The van der Waals surface area contributed by atoms with Crippen molar-refractivity contribution in [3.8, 4) is 0 Å². The fourth-order valence-corrected chi connectivity index (χ4v) is 2.20. The summed E-state index contributed by atoms with van der Waals surface area (Å²) in [5, 5.41) is 0.370. The predicted molar refractivity (Wildman–Crippen MR) is 80.5 cm³/mol. The summed E-state index contributed by atoms with van der Waals surface area (Å²) >= 11 is 6.09. The molecule has 0 bridgehead atoms. The van der Waals surface area contributed by atoms with E-state index in [2.05, 4.69) is 4.98 Å². The van der Waals surface area contributed by atoms with Gasteiger partial charge < -0.3 is 10.6 Å². The summed E-state index contributed by atoms with van der Waals surface area (Å²) in [5.41, 5.74) is 7.43. The minimum atomic E-state index is -0.179. The molecule has 4 nitrogen and oxygen atoms in total. The zero-order chi connectivity index (χ0) is 14.5. The Morgan fingerprint density at radius 2 is 2.10 bits per heavy atom. The number of hydrogen-bond donors (Lipinski definition) is 1. The molecule has 0 saturated carbocycles. The third kappa shape index (κ3) is 3.08. The van der Waals surface area contributed by atoms with Gasteiger partial charge in [0.15, 0.2) is 0 Å². The highest BCUT2D eigenvalue weighted by atomic mass is 35.5. The van der Waals surface area contributed by atoms with Crippen molar-refractivity contribution in [2.75, 3.05) is 12.3 Å². The van der Waals surface area contributed by atoms with E-state index in [4.69, 9.17) is 17.3 Å². The Labute approximate surface area is 123 Å². The van der Waals surface area contributed by atoms with Crippen LogP contribution >= 0.6 is 11.6 Å². The van der Waals surface area contributed by atoms with E-state index in [9.17, 15) is 4.79 Å². The van der Waals surface area contributed by atoms with E-state index in [0.29, 0.717) is 29.4 Å². The first-order chi connectivity index (χ1) is 9.63. The molecule has 0 fully saturated rings. The third-order valence-electron chi connectivity index (χ3n) is 3.01. The van der Waals surface area contributed by atoms with Gasteiger partial charge in [0.2, 0.25) is 0 Å². The maximum Gasteiger partial charge on any atom is 0.257 e. The van der Waals surface area contributed by atoms with E-state index in [1.165, 1.54) is 0 Å². The first-order valence-corrected chi connectivity index (χ1v) is 6.74. The summed E-state index contributed by atoms with van der Waals surface area (Å²) in [5.74, 6) is -0.179. The predicted octanol–water partition coefficient (Wildman–Crippen LogP) is 2.98. The average molecular weight is 290 g/mol. The summed E-state index contributed by atoms with van der Waals surface area (Å²) in [4.78, 5) is 18.5. The number of aromatic nitrogens is 1. The second-order valence-corrected chi connectivity index (χ2v) is 4.75. The number of nitrogens with two attached hydrogens (primary N) is 1. The molecule has 104 valence electrons. The lowest BCUT2D eigenvalue weighted by Crippen LogP contribution is -2.31. The second kappa shape index (κ2) is 6.39. The Morgan fingerprint density at radius 1 is 1.30 bits per heavy atom. The Morgan fingerprint density at radius 3 is 2.70 bits per heavy atom. The number of nitrogen functional groups attached to an aromatic ring is 1. The molecule has 1 aromatic carbocycles. The van der Waals surface area contributed by atoms with Gasteiger partial charge in [0.1, 0.15) is 0 Å². The topological polar surface area (TPSA) is 59.2 Å². The molecule has 0 atom stereocenters. The molecule has 2 N–H and O–H groups in total. The summed E-state index contributed by atoms with van der Waals surface area (Å²) in [6, 6.07) is 10.7. The first kappa shape index (κ1) is 14.3. The first-order valence-electron chi connectivity index (χ1n) is 6.36. The van der Waals surface area contributed by atoms with Crippen molar-refractivity contribution in [1.29, 1.82) is 0 Å². The maximum absolute atomic E-state index is 12.6. The number of rotatable bonds is 4. The minimum Gasteiger partial charge on any atom is -0.398 e. The standard InChI is InChI=1S/C15H16ClN3O/c1-2-19(10-11-6-3-4-9-18-11)15(20)14-12(16)7-5-8-13(14)17/h3-9H,2,10,17H2,1H3. The molecule has 0 spiro atoms. The summed E-state index contributed by atoms with van der Waals surface area (Å²) < 4.78 is 0. The zero-order valence-electron chi connectivity index (χ0n) is 11.2. The number of pyridine rings is 1. The minimum absolute atomic E-state index is 0.179. The van der Waals surface area contributed by atoms with Crippen LogP contribution in [0.3, 0.4) is 0 Å². The van der Waals surface area contributed by atoms with Gasteiger partial charge in [-0.1, -0.05) is 23.7 Å². The number of amides is 1. The summed E-state index contributed by atoms with van der Waals surface area (Å²) in [7, 11) is 0. The fraction of sp³-hybridized carbons (Fsp3) is 0.200. The smallest absolute Gasteiger partial charge is 0.257 e. The highest BCUT2D eigenvalue weighted by Crippen LogP contribution is 2.24. The van der Waals surface area contributed by atoms with Gasteiger partial charge >= 0.3 is 0 Å². The summed E-state index contributed by atoms with van der Waals surface area (Å²) in [6.07, 6.45) is 1.71. The molecule has 1 heterocycles. The van der Waals surface area contributed by atoms with Crippen LogP contribution in [-0.4, -0.2) is 22.3 Å². The molecule has 0 aliphatic carbocycles. The Hall–Kier alpha value is -2.07. The van der Waals surface area contributed by atoms with E-state index in [1.54, 1.807) is 29.3 Å². The van der Waals surface area contributed by atoms with Gasteiger partial charge in [-0.2, -0.15) is 0 Å². The van der Waals surface area contributed by atoms with Crippen molar-refractivity contribution in [1.82, 2.24) is 9.88 Å². The number of nitrogens with zero attached hydrogens (tertiary/aromatic N) is 2. The van der Waals surface area contributed by atoms with Gasteiger partial charge in [0.25, 0.3) is 5.91 Å². The second-order valence-electron chi connectivity index (χ2n) is 4.34. The molecule has 0 aliphatic rings. The molecule has 0 aliphatic heterocycles. The normalized spacial score (nSPS) is 10.3. The molecule has 1 amide bonds. The van der Waals surface area contributed by atoms with Crippen LogP contribution in [-0.2, 0) is 6.54 Å². The number of carbonyl (C=O) groups is 1. The molecular weight excluding hydrogens is 274 g/mol. The maximum atomic E-state index is 12.6. The van der Waals surface area contributed by atoms with E-state index < -0.39 is 0 Å².